The molecule has 0 aliphatic rings. The minimum Gasteiger partial charge on any atom is -0.334 e. The Balaban J connectivity index is 2.34. The average molecular weight is 286 g/mol. The largest absolute Gasteiger partial charge is 0.334 e. The van der Waals surface area contributed by atoms with Crippen LogP contribution in [0.1, 0.15) is 5.82 Å². The minimum atomic E-state index is -0.358. The van der Waals surface area contributed by atoms with Crippen molar-refractivity contribution in [2.24, 2.45) is 5.73 Å². The molecule has 0 amide bonds. The molecule has 2 N–H and O–H groups in total. The van der Waals surface area contributed by atoms with Gasteiger partial charge in [0.1, 0.15) is 5.82 Å². The summed E-state index contributed by atoms with van der Waals surface area (Å²) in [6.07, 6.45) is 0.542. The van der Waals surface area contributed by atoms with Crippen molar-refractivity contribution in [3.05, 3.63) is 34.3 Å². The van der Waals surface area contributed by atoms with Gasteiger partial charge in [0.05, 0.1) is 0 Å². The molecule has 1 heterocycles. The SMILES string of the molecule is NCCc1noc(-c2cc(F)cc(Br)c2)n1. The summed E-state index contributed by atoms with van der Waals surface area (Å²) in [6.45, 7) is 0.450. The summed E-state index contributed by atoms with van der Waals surface area (Å²) in [6, 6.07) is 4.41. The summed E-state index contributed by atoms with van der Waals surface area (Å²) in [5.74, 6) is 0.462. The first-order valence-corrected chi connectivity index (χ1v) is 5.47. The van der Waals surface area contributed by atoms with Crippen LogP contribution < -0.4 is 5.73 Å². The predicted molar refractivity (Wildman–Crippen MR) is 60.2 cm³/mol. The van der Waals surface area contributed by atoms with E-state index < -0.39 is 0 Å². The van der Waals surface area contributed by atoms with E-state index in [9.17, 15) is 4.39 Å². The molecule has 0 saturated heterocycles. The first-order valence-electron chi connectivity index (χ1n) is 4.68. The molecule has 16 heavy (non-hydrogen) atoms. The highest BCUT2D eigenvalue weighted by Gasteiger charge is 2.10. The third-order valence-corrected chi connectivity index (χ3v) is 2.40. The van der Waals surface area contributed by atoms with Crippen molar-refractivity contribution in [2.75, 3.05) is 6.54 Å². The average Bonchev–Trinajstić information content (AvgIpc) is 2.65. The van der Waals surface area contributed by atoms with Gasteiger partial charge in [-0.15, -0.1) is 0 Å². The fourth-order valence-electron chi connectivity index (χ4n) is 1.28. The molecule has 2 aromatic rings. The summed E-state index contributed by atoms with van der Waals surface area (Å²) in [5, 5.41) is 3.74. The number of hydrogen-bond acceptors (Lipinski definition) is 4. The Hall–Kier alpha value is -1.27. The lowest BCUT2D eigenvalue weighted by Gasteiger charge is -1.96. The molecule has 0 aliphatic heterocycles. The molecule has 6 heteroatoms. The van der Waals surface area contributed by atoms with Gasteiger partial charge in [0, 0.05) is 16.5 Å². The van der Waals surface area contributed by atoms with Gasteiger partial charge in [0.25, 0.3) is 5.89 Å². The van der Waals surface area contributed by atoms with Crippen molar-refractivity contribution < 1.29 is 8.91 Å². The molecule has 0 aliphatic carbocycles. The van der Waals surface area contributed by atoms with Crippen LogP contribution in [0.4, 0.5) is 4.39 Å². The quantitative estimate of drug-likeness (QED) is 0.938. The van der Waals surface area contributed by atoms with E-state index in [0.29, 0.717) is 34.7 Å². The Morgan fingerprint density at radius 3 is 2.88 bits per heavy atom. The molecule has 0 radical (unpaired) electrons. The molecule has 0 fully saturated rings. The summed E-state index contributed by atoms with van der Waals surface area (Å²) in [4.78, 5) is 4.11. The summed E-state index contributed by atoms with van der Waals surface area (Å²) in [5.41, 5.74) is 5.91. The Morgan fingerprint density at radius 2 is 2.19 bits per heavy atom. The molecular weight excluding hydrogens is 277 g/mol. The van der Waals surface area contributed by atoms with Crippen molar-refractivity contribution in [1.29, 1.82) is 0 Å². The van der Waals surface area contributed by atoms with Gasteiger partial charge in [0.2, 0.25) is 0 Å². The highest BCUT2D eigenvalue weighted by atomic mass is 79.9. The van der Waals surface area contributed by atoms with Gasteiger partial charge < -0.3 is 10.3 Å². The van der Waals surface area contributed by atoms with E-state index in [2.05, 4.69) is 26.1 Å². The summed E-state index contributed by atoms with van der Waals surface area (Å²) >= 11 is 3.20. The lowest BCUT2D eigenvalue weighted by Crippen LogP contribution is -2.03. The minimum absolute atomic E-state index is 0.295. The molecule has 4 nitrogen and oxygen atoms in total. The van der Waals surface area contributed by atoms with E-state index >= 15 is 0 Å². The van der Waals surface area contributed by atoms with Crippen LogP contribution in [0.15, 0.2) is 27.2 Å². The van der Waals surface area contributed by atoms with Crippen LogP contribution in [-0.4, -0.2) is 16.7 Å². The number of aromatic nitrogens is 2. The van der Waals surface area contributed by atoms with E-state index in [1.165, 1.54) is 12.1 Å². The maximum absolute atomic E-state index is 13.1. The van der Waals surface area contributed by atoms with Crippen LogP contribution in [0.2, 0.25) is 0 Å². The van der Waals surface area contributed by atoms with Gasteiger partial charge in [-0.3, -0.25) is 0 Å². The molecule has 1 aromatic heterocycles. The first kappa shape index (κ1) is 11.2. The maximum atomic E-state index is 13.1. The molecule has 2 rings (SSSR count). The molecule has 0 atom stereocenters. The molecule has 0 saturated carbocycles. The van der Waals surface area contributed by atoms with Crippen LogP contribution in [0.25, 0.3) is 11.5 Å². The smallest absolute Gasteiger partial charge is 0.258 e. The standard InChI is InChI=1S/C10H9BrFN3O/c11-7-3-6(4-8(12)5-7)10-14-9(1-2-13)15-16-10/h3-5H,1-2,13H2. The zero-order valence-electron chi connectivity index (χ0n) is 8.28. The Kier molecular flexibility index (Phi) is 3.31. The second-order valence-electron chi connectivity index (χ2n) is 3.21. The number of hydrogen-bond donors (Lipinski definition) is 1. The Labute approximate surface area is 99.8 Å². The molecule has 0 spiro atoms. The third-order valence-electron chi connectivity index (χ3n) is 1.95. The van der Waals surface area contributed by atoms with Gasteiger partial charge in [-0.2, -0.15) is 4.98 Å². The fraction of sp³-hybridized carbons (Fsp3) is 0.200. The second-order valence-corrected chi connectivity index (χ2v) is 4.13. The molecule has 1 aromatic carbocycles. The highest BCUT2D eigenvalue weighted by molar-refractivity contribution is 9.10. The zero-order chi connectivity index (χ0) is 11.5. The molecule has 84 valence electrons. The zero-order valence-corrected chi connectivity index (χ0v) is 9.87. The van der Waals surface area contributed by atoms with Gasteiger partial charge in [-0.1, -0.05) is 21.1 Å². The topological polar surface area (TPSA) is 64.9 Å². The van der Waals surface area contributed by atoms with E-state index in [0.717, 1.165) is 0 Å². The maximum Gasteiger partial charge on any atom is 0.258 e. The first-order chi connectivity index (χ1) is 7.69. The highest BCUT2D eigenvalue weighted by Crippen LogP contribution is 2.23. The molecular formula is C10H9BrFN3O. The van der Waals surface area contributed by atoms with Crippen molar-refractivity contribution >= 4 is 15.9 Å². The third kappa shape index (κ3) is 2.45. The monoisotopic (exact) mass is 285 g/mol. The Bertz CT molecular complexity index is 480. The van der Waals surface area contributed by atoms with E-state index in [1.54, 1.807) is 6.07 Å². The fourth-order valence-corrected chi connectivity index (χ4v) is 1.74. The lowest BCUT2D eigenvalue weighted by atomic mass is 10.2. The number of benzene rings is 1. The van der Waals surface area contributed by atoms with Crippen molar-refractivity contribution in [1.82, 2.24) is 10.1 Å². The van der Waals surface area contributed by atoms with E-state index in [4.69, 9.17) is 10.3 Å². The van der Waals surface area contributed by atoms with E-state index in [-0.39, 0.29) is 5.82 Å². The van der Waals surface area contributed by atoms with Crippen LogP contribution in [-0.2, 0) is 6.42 Å². The van der Waals surface area contributed by atoms with Crippen molar-refractivity contribution in [3.8, 4) is 11.5 Å². The van der Waals surface area contributed by atoms with Crippen molar-refractivity contribution in [3.63, 3.8) is 0 Å². The van der Waals surface area contributed by atoms with Gasteiger partial charge in [-0.05, 0) is 24.7 Å². The van der Waals surface area contributed by atoms with Crippen LogP contribution in [0.3, 0.4) is 0 Å². The number of nitrogens with two attached hydrogens (primary N) is 1. The number of rotatable bonds is 3. The van der Waals surface area contributed by atoms with Crippen LogP contribution >= 0.6 is 15.9 Å². The summed E-state index contributed by atoms with van der Waals surface area (Å²) in [7, 11) is 0. The lowest BCUT2D eigenvalue weighted by molar-refractivity contribution is 0.422. The van der Waals surface area contributed by atoms with Gasteiger partial charge in [-0.25, -0.2) is 4.39 Å². The van der Waals surface area contributed by atoms with Crippen LogP contribution in [0.5, 0.6) is 0 Å². The second kappa shape index (κ2) is 4.71. The molecule has 0 bridgehead atoms. The van der Waals surface area contributed by atoms with Crippen molar-refractivity contribution in [2.45, 2.75) is 6.42 Å². The van der Waals surface area contributed by atoms with Crippen LogP contribution in [0, 0.1) is 5.82 Å². The number of halogens is 2. The Morgan fingerprint density at radius 1 is 1.38 bits per heavy atom. The number of nitrogens with zero attached hydrogens (tertiary/aromatic N) is 2. The molecule has 0 unspecified atom stereocenters. The van der Waals surface area contributed by atoms with Gasteiger partial charge in [0.15, 0.2) is 5.82 Å². The normalized spacial score (nSPS) is 10.7. The van der Waals surface area contributed by atoms with Gasteiger partial charge >= 0.3 is 0 Å². The predicted octanol–water partition coefficient (Wildman–Crippen LogP) is 2.14. The summed E-state index contributed by atoms with van der Waals surface area (Å²) < 4.78 is 18.8. The van der Waals surface area contributed by atoms with E-state index in [1.807, 2.05) is 0 Å².